The van der Waals surface area contributed by atoms with Crippen LogP contribution < -0.4 is 10.2 Å². The standard InChI is InChI=1S/C62H37NOS.C36H23NO.C26H15BrS.CH4/c1-2-11-41-34-48(28-21-38(41)9-1)63(47-26-19-39(20-27-47)46-23-30-55-57(37-46)64-62-54-16-8-6-14-52(54)51-13-5-7-15-53(51)61(55)62)49-29-22-43-33-42(17-18-44(43)35-49)45-25-31-58-56(36-45)60-50-12-4-3-10-40(50)24-32-59(60)65-58;1-2-8-25-21-28(19-15-23(25)7-1)37-27-17-13-24(14-18-27)26-16-20-33-34(22-26)38-36-32-12-6-4-10-30(32)29-9-3-5-11-31(29)35(33)36;27-21-10-7-18-13-17(5-6-19(18)14-21)20-9-11-24-23(15-20)26-22-4-2-1-3-16(22)8-12-25(26)28-24;/h1-37H;1-22,37H;1-15H;1H4. The molecule has 0 saturated carbocycles. The summed E-state index contributed by atoms with van der Waals surface area (Å²) in [6, 6.07) is 163. The third kappa shape index (κ3) is 13.5. The number of nitrogens with one attached hydrogen (secondary N) is 1. The Morgan fingerprint density at radius 1 is 0.197 bits per heavy atom. The van der Waals surface area contributed by atoms with E-state index in [1.54, 1.807) is 0 Å². The van der Waals surface area contributed by atoms with Crippen LogP contribution in [0.15, 0.2) is 462 Å². The zero-order valence-corrected chi connectivity index (χ0v) is 73.9. The van der Waals surface area contributed by atoms with Gasteiger partial charge >= 0.3 is 0 Å². The lowest BCUT2D eigenvalue weighted by Crippen LogP contribution is -2.09. The third-order valence-electron chi connectivity index (χ3n) is 26.7. The molecule has 4 heterocycles. The van der Waals surface area contributed by atoms with Gasteiger partial charge in [-0.3, -0.25) is 0 Å². The van der Waals surface area contributed by atoms with E-state index in [2.05, 4.69) is 475 Å². The molecule has 0 aliphatic rings. The fourth-order valence-corrected chi connectivity index (χ4v) is 22.9. The molecule has 0 saturated heterocycles. The van der Waals surface area contributed by atoms with Gasteiger partial charge in [0.1, 0.15) is 22.3 Å². The number of halogens is 1. The Morgan fingerprint density at radius 3 is 1.02 bits per heavy atom. The predicted molar refractivity (Wildman–Crippen MR) is 575 cm³/mol. The quantitative estimate of drug-likeness (QED) is 0.146. The van der Waals surface area contributed by atoms with E-state index in [9.17, 15) is 0 Å². The van der Waals surface area contributed by atoms with Crippen molar-refractivity contribution in [2.75, 3.05) is 10.2 Å². The van der Waals surface area contributed by atoms with Crippen LogP contribution in [0.5, 0.6) is 0 Å². The highest BCUT2D eigenvalue weighted by molar-refractivity contribution is 9.10. The Hall–Kier alpha value is -16.0. The molecule has 28 aromatic rings. The Kier molecular flexibility index (Phi) is 19.0. The van der Waals surface area contributed by atoms with Crippen LogP contribution in [-0.4, -0.2) is 0 Å². The van der Waals surface area contributed by atoms with E-state index in [0.717, 1.165) is 99.0 Å². The van der Waals surface area contributed by atoms with E-state index in [0.29, 0.717) is 0 Å². The van der Waals surface area contributed by atoms with Crippen molar-refractivity contribution in [3.63, 3.8) is 0 Å². The van der Waals surface area contributed by atoms with Crippen molar-refractivity contribution in [1.82, 2.24) is 0 Å². The monoisotopic (exact) mass is 1780 g/mol. The largest absolute Gasteiger partial charge is 0.455 e. The zero-order valence-electron chi connectivity index (χ0n) is 70.7. The first kappa shape index (κ1) is 78.3. The number of nitrogens with zero attached hydrogens (tertiary/aromatic N) is 1. The molecule has 0 radical (unpaired) electrons. The average Bonchev–Trinajstić information content (AvgIpc) is 1.55. The Morgan fingerprint density at radius 2 is 0.515 bits per heavy atom. The number of hydrogen-bond donors (Lipinski definition) is 1. The van der Waals surface area contributed by atoms with Crippen molar-refractivity contribution in [3.05, 3.63) is 453 Å². The molecular weight excluding hydrogens is 1710 g/mol. The summed E-state index contributed by atoms with van der Waals surface area (Å²) in [7, 11) is 0. The first-order valence-electron chi connectivity index (χ1n) is 44.5. The van der Waals surface area contributed by atoms with Crippen LogP contribution in [0.2, 0.25) is 0 Å². The SMILES string of the molecule is Brc1ccc2cc(-c3ccc4sc5ccc6ccccc6c5c4c3)ccc2c1.C.c1ccc2cc(N(c3ccc(-c4ccc5c(c4)oc4c6ccccc6c6ccccc6c54)cc3)c3ccc4cc(-c5ccc6sc7ccc8ccccc8c7c6c5)ccc4c3)ccc2c1.c1ccc2cc(Nc3ccc(-c4ccc5c(c4)oc4c6ccccc6c6ccccc6c54)cc3)ccc2c1. The second kappa shape index (κ2) is 32.0. The molecule has 620 valence electrons. The molecule has 7 heteroatoms. The molecule has 0 unspecified atom stereocenters. The van der Waals surface area contributed by atoms with Crippen LogP contribution in [0.3, 0.4) is 0 Å². The molecule has 132 heavy (non-hydrogen) atoms. The van der Waals surface area contributed by atoms with E-state index in [-0.39, 0.29) is 7.43 Å². The molecule has 0 aliphatic heterocycles. The molecule has 24 aromatic carbocycles. The molecule has 0 bridgehead atoms. The van der Waals surface area contributed by atoms with Gasteiger partial charge in [-0.25, -0.2) is 0 Å². The minimum absolute atomic E-state index is 0. The summed E-state index contributed by atoms with van der Waals surface area (Å²) < 4.78 is 19.8. The van der Waals surface area contributed by atoms with E-state index in [1.165, 1.54) is 170 Å². The number of furan rings is 2. The number of rotatable bonds is 9. The lowest BCUT2D eigenvalue weighted by molar-refractivity contribution is 0.672. The summed E-state index contributed by atoms with van der Waals surface area (Å²) in [5.41, 5.74) is 18.7. The van der Waals surface area contributed by atoms with Gasteiger partial charge in [-0.15, -0.1) is 22.7 Å². The third-order valence-corrected chi connectivity index (χ3v) is 29.4. The van der Waals surface area contributed by atoms with Crippen molar-refractivity contribution in [2.24, 2.45) is 0 Å². The van der Waals surface area contributed by atoms with Crippen molar-refractivity contribution < 1.29 is 8.83 Å². The number of anilines is 5. The van der Waals surface area contributed by atoms with Crippen LogP contribution in [0, 0.1) is 0 Å². The maximum Gasteiger partial charge on any atom is 0.143 e. The van der Waals surface area contributed by atoms with E-state index < -0.39 is 0 Å². The molecule has 0 aliphatic carbocycles. The summed E-state index contributed by atoms with van der Waals surface area (Å²) in [5, 5.41) is 38.4. The average molecular weight is 1790 g/mol. The summed E-state index contributed by atoms with van der Waals surface area (Å²) in [6.45, 7) is 0. The van der Waals surface area contributed by atoms with Gasteiger partial charge in [0.05, 0.1) is 0 Å². The molecule has 1 N–H and O–H groups in total. The molecular formula is C125H79BrN2O2S2. The van der Waals surface area contributed by atoms with Crippen LogP contribution in [0.1, 0.15) is 7.43 Å². The fraction of sp³-hybridized carbons (Fsp3) is 0.00800. The first-order chi connectivity index (χ1) is 64.8. The molecule has 28 rings (SSSR count). The van der Waals surface area contributed by atoms with Crippen LogP contribution in [-0.2, 0) is 0 Å². The highest BCUT2D eigenvalue weighted by Crippen LogP contribution is 2.49. The molecule has 4 nitrogen and oxygen atoms in total. The second-order valence-electron chi connectivity index (χ2n) is 34.3. The molecule has 0 spiro atoms. The Bertz CT molecular complexity index is 9570. The van der Waals surface area contributed by atoms with Gasteiger partial charge in [0.2, 0.25) is 0 Å². The van der Waals surface area contributed by atoms with Crippen molar-refractivity contribution >= 4 is 259 Å². The number of thiophene rings is 2. The summed E-state index contributed by atoms with van der Waals surface area (Å²) in [4.78, 5) is 2.38. The van der Waals surface area contributed by atoms with Crippen LogP contribution in [0.25, 0.3) is 236 Å². The number of hydrogen-bond acceptors (Lipinski definition) is 6. The Balaban J connectivity index is 0.000000118. The van der Waals surface area contributed by atoms with Crippen LogP contribution >= 0.6 is 38.6 Å². The lowest BCUT2D eigenvalue weighted by Gasteiger charge is -2.26. The molecule has 4 aromatic heterocycles. The van der Waals surface area contributed by atoms with E-state index >= 15 is 0 Å². The first-order valence-corrected chi connectivity index (χ1v) is 46.9. The predicted octanol–water partition coefficient (Wildman–Crippen LogP) is 38.4. The highest BCUT2D eigenvalue weighted by atomic mass is 79.9. The van der Waals surface area contributed by atoms with Gasteiger partial charge in [-0.1, -0.05) is 327 Å². The summed E-state index contributed by atoms with van der Waals surface area (Å²) >= 11 is 7.32. The van der Waals surface area contributed by atoms with Gasteiger partial charge in [0.15, 0.2) is 0 Å². The maximum atomic E-state index is 6.75. The van der Waals surface area contributed by atoms with Gasteiger partial charge < -0.3 is 19.1 Å². The van der Waals surface area contributed by atoms with Gasteiger partial charge in [0, 0.05) is 106 Å². The topological polar surface area (TPSA) is 41.6 Å². The van der Waals surface area contributed by atoms with Crippen molar-refractivity contribution in [2.45, 2.75) is 7.43 Å². The van der Waals surface area contributed by atoms with E-state index in [1.807, 2.05) is 22.7 Å². The summed E-state index contributed by atoms with van der Waals surface area (Å²) in [6.07, 6.45) is 0. The van der Waals surface area contributed by atoms with E-state index in [4.69, 9.17) is 8.83 Å². The molecule has 0 atom stereocenters. The number of fused-ring (bicyclic) bond motifs is 30. The smallest absolute Gasteiger partial charge is 0.143 e. The van der Waals surface area contributed by atoms with Gasteiger partial charge in [-0.2, -0.15) is 0 Å². The maximum absolute atomic E-state index is 6.75. The fourth-order valence-electron chi connectivity index (χ4n) is 20.3. The van der Waals surface area contributed by atoms with Crippen molar-refractivity contribution in [3.8, 4) is 44.5 Å². The minimum atomic E-state index is 0. The second-order valence-corrected chi connectivity index (χ2v) is 37.4. The highest BCUT2D eigenvalue weighted by Gasteiger charge is 2.22. The van der Waals surface area contributed by atoms with Gasteiger partial charge in [-0.05, 0) is 287 Å². The summed E-state index contributed by atoms with van der Waals surface area (Å²) in [5.74, 6) is 0. The lowest BCUT2D eigenvalue weighted by atomic mass is 9.96. The zero-order chi connectivity index (χ0) is 86.3. The molecule has 0 amide bonds. The van der Waals surface area contributed by atoms with Crippen molar-refractivity contribution in [1.29, 1.82) is 0 Å². The number of benzene rings is 24. The minimum Gasteiger partial charge on any atom is -0.455 e. The Labute approximate surface area is 777 Å². The molecule has 0 fully saturated rings. The normalized spacial score (nSPS) is 11.8. The van der Waals surface area contributed by atoms with Gasteiger partial charge in [0.25, 0.3) is 0 Å². The van der Waals surface area contributed by atoms with Crippen LogP contribution in [0.4, 0.5) is 28.4 Å².